The van der Waals surface area contributed by atoms with Crippen LogP contribution in [-0.4, -0.2) is 36.3 Å². The minimum Gasteiger partial charge on any atom is -0.369 e. The molecule has 1 aliphatic heterocycles. The Balaban J connectivity index is 1.35. The van der Waals surface area contributed by atoms with E-state index in [-0.39, 0.29) is 0 Å². The number of hydrogen-bond donors (Lipinski definition) is 1. The average Bonchev–Trinajstić information content (AvgIpc) is 3.57. The van der Waals surface area contributed by atoms with Crippen LogP contribution in [0.25, 0.3) is 32.0 Å². The van der Waals surface area contributed by atoms with Crippen molar-refractivity contribution in [3.05, 3.63) is 72.6 Å². The Labute approximate surface area is 189 Å². The number of benzene rings is 1. The molecular formula is C24H21N7S. The second kappa shape index (κ2) is 8.12. The molecule has 6 rings (SSSR count). The number of rotatable bonds is 6. The van der Waals surface area contributed by atoms with Gasteiger partial charge in [-0.25, -0.2) is 9.97 Å². The van der Waals surface area contributed by atoms with Gasteiger partial charge in [-0.2, -0.15) is 0 Å². The molecule has 4 aromatic heterocycles. The molecule has 5 heterocycles. The Morgan fingerprint density at radius 3 is 2.78 bits per heavy atom. The first-order chi connectivity index (χ1) is 15.8. The summed E-state index contributed by atoms with van der Waals surface area (Å²) in [6.45, 7) is 1.75. The van der Waals surface area contributed by atoms with Crippen molar-refractivity contribution >= 4 is 27.4 Å². The van der Waals surface area contributed by atoms with Crippen LogP contribution in [0.4, 0.5) is 5.82 Å². The van der Waals surface area contributed by atoms with E-state index in [1.54, 1.807) is 23.7 Å². The summed E-state index contributed by atoms with van der Waals surface area (Å²) in [5.74, 6) is 3.66. The van der Waals surface area contributed by atoms with E-state index in [0.29, 0.717) is 5.82 Å². The Kier molecular flexibility index (Phi) is 4.84. The fourth-order valence-corrected chi connectivity index (χ4v) is 5.15. The summed E-state index contributed by atoms with van der Waals surface area (Å²) in [4.78, 5) is 16.1. The highest BCUT2D eigenvalue weighted by atomic mass is 32.1. The third kappa shape index (κ3) is 3.52. The van der Waals surface area contributed by atoms with Gasteiger partial charge in [-0.15, -0.1) is 21.5 Å². The van der Waals surface area contributed by atoms with E-state index >= 15 is 0 Å². The first kappa shape index (κ1) is 19.1. The number of pyridine rings is 1. The van der Waals surface area contributed by atoms with Crippen LogP contribution in [0.1, 0.15) is 18.1 Å². The minimum absolute atomic E-state index is 0.679. The van der Waals surface area contributed by atoms with Gasteiger partial charge >= 0.3 is 0 Å². The number of nitrogens with one attached hydrogen (secondary N) is 1. The molecule has 0 unspecified atom stereocenters. The van der Waals surface area contributed by atoms with Gasteiger partial charge in [0, 0.05) is 48.8 Å². The SMILES string of the molecule is c1ccc(-c2cc3c(NCCc4nnc5n4CCC5)nc(-c4cccnc4)nc3s2)cc1. The van der Waals surface area contributed by atoms with E-state index < -0.39 is 0 Å². The van der Waals surface area contributed by atoms with Gasteiger partial charge in [-0.05, 0) is 30.2 Å². The highest BCUT2D eigenvalue weighted by molar-refractivity contribution is 7.21. The first-order valence-corrected chi connectivity index (χ1v) is 11.6. The third-order valence-electron chi connectivity index (χ3n) is 5.70. The zero-order valence-electron chi connectivity index (χ0n) is 17.4. The van der Waals surface area contributed by atoms with Crippen molar-refractivity contribution in [2.75, 3.05) is 11.9 Å². The van der Waals surface area contributed by atoms with E-state index in [1.165, 1.54) is 10.4 Å². The van der Waals surface area contributed by atoms with Crippen LogP contribution in [-0.2, 0) is 19.4 Å². The fraction of sp³-hybridized carbons (Fsp3) is 0.208. The lowest BCUT2D eigenvalue weighted by molar-refractivity contribution is 0.687. The monoisotopic (exact) mass is 439 g/mol. The third-order valence-corrected chi connectivity index (χ3v) is 6.78. The zero-order chi connectivity index (χ0) is 21.3. The molecule has 1 N–H and O–H groups in total. The molecule has 0 radical (unpaired) electrons. The molecule has 32 heavy (non-hydrogen) atoms. The number of aromatic nitrogens is 6. The quantitative estimate of drug-likeness (QED) is 0.416. The number of fused-ring (bicyclic) bond motifs is 2. The van der Waals surface area contributed by atoms with Crippen LogP contribution in [0, 0.1) is 0 Å². The van der Waals surface area contributed by atoms with Gasteiger partial charge in [0.15, 0.2) is 5.82 Å². The Hall–Kier alpha value is -3.65. The topological polar surface area (TPSA) is 81.4 Å². The molecule has 0 atom stereocenters. The Morgan fingerprint density at radius 2 is 1.91 bits per heavy atom. The van der Waals surface area contributed by atoms with E-state index in [0.717, 1.165) is 65.6 Å². The number of hydrogen-bond acceptors (Lipinski definition) is 7. The van der Waals surface area contributed by atoms with Crippen molar-refractivity contribution in [3.63, 3.8) is 0 Å². The van der Waals surface area contributed by atoms with E-state index in [2.05, 4.69) is 55.4 Å². The van der Waals surface area contributed by atoms with Crippen LogP contribution in [0.15, 0.2) is 60.9 Å². The number of aryl methyl sites for hydroxylation is 1. The zero-order valence-corrected chi connectivity index (χ0v) is 18.2. The molecule has 7 nitrogen and oxygen atoms in total. The van der Waals surface area contributed by atoms with Crippen LogP contribution < -0.4 is 5.32 Å². The number of anilines is 1. The van der Waals surface area contributed by atoms with Crippen molar-refractivity contribution in [3.8, 4) is 21.8 Å². The van der Waals surface area contributed by atoms with Gasteiger partial charge in [0.25, 0.3) is 0 Å². The van der Waals surface area contributed by atoms with Crippen LogP contribution in [0.2, 0.25) is 0 Å². The average molecular weight is 440 g/mol. The number of thiophene rings is 1. The molecule has 0 saturated heterocycles. The standard InChI is InChI=1S/C24H21N7S/c1-2-6-16(7-3-1)19-14-18-23(26-12-10-21-30-29-20-9-5-13-31(20)21)27-22(28-24(18)32-19)17-8-4-11-25-15-17/h1-4,6-8,11,14-15H,5,9-10,12-13H2,(H,26,27,28). The Morgan fingerprint density at radius 1 is 1.00 bits per heavy atom. The normalized spacial score (nSPS) is 12.9. The molecule has 0 aliphatic carbocycles. The summed E-state index contributed by atoms with van der Waals surface area (Å²) >= 11 is 1.68. The summed E-state index contributed by atoms with van der Waals surface area (Å²) in [6.07, 6.45) is 6.55. The van der Waals surface area contributed by atoms with Gasteiger partial charge in [0.1, 0.15) is 22.3 Å². The maximum Gasteiger partial charge on any atom is 0.164 e. The van der Waals surface area contributed by atoms with Crippen molar-refractivity contribution in [1.82, 2.24) is 29.7 Å². The molecule has 158 valence electrons. The maximum absolute atomic E-state index is 4.87. The van der Waals surface area contributed by atoms with Crippen LogP contribution in [0.3, 0.4) is 0 Å². The summed E-state index contributed by atoms with van der Waals surface area (Å²) in [7, 11) is 0. The molecule has 0 saturated carbocycles. The molecule has 0 spiro atoms. The summed E-state index contributed by atoms with van der Waals surface area (Å²) < 4.78 is 2.25. The van der Waals surface area contributed by atoms with Gasteiger partial charge in [0.2, 0.25) is 0 Å². The predicted octanol–water partition coefficient (Wildman–Crippen LogP) is 4.61. The van der Waals surface area contributed by atoms with Crippen molar-refractivity contribution in [1.29, 1.82) is 0 Å². The molecule has 0 bridgehead atoms. The minimum atomic E-state index is 0.679. The summed E-state index contributed by atoms with van der Waals surface area (Å²) in [6, 6.07) is 16.5. The van der Waals surface area contributed by atoms with E-state index in [9.17, 15) is 0 Å². The van der Waals surface area contributed by atoms with Crippen molar-refractivity contribution < 1.29 is 0 Å². The highest BCUT2D eigenvalue weighted by Crippen LogP contribution is 2.36. The summed E-state index contributed by atoms with van der Waals surface area (Å²) in [5.41, 5.74) is 2.09. The lowest BCUT2D eigenvalue weighted by Crippen LogP contribution is -2.11. The lowest BCUT2D eigenvalue weighted by atomic mass is 10.2. The van der Waals surface area contributed by atoms with Gasteiger partial charge < -0.3 is 9.88 Å². The second-order valence-electron chi connectivity index (χ2n) is 7.80. The summed E-state index contributed by atoms with van der Waals surface area (Å²) in [5, 5.41) is 13.3. The largest absolute Gasteiger partial charge is 0.369 e. The number of nitrogens with zero attached hydrogens (tertiary/aromatic N) is 6. The van der Waals surface area contributed by atoms with Crippen molar-refractivity contribution in [2.45, 2.75) is 25.8 Å². The first-order valence-electron chi connectivity index (χ1n) is 10.8. The molecule has 1 aliphatic rings. The van der Waals surface area contributed by atoms with Gasteiger partial charge in [-0.1, -0.05) is 30.3 Å². The maximum atomic E-state index is 4.87. The highest BCUT2D eigenvalue weighted by Gasteiger charge is 2.18. The van der Waals surface area contributed by atoms with E-state index in [1.807, 2.05) is 18.2 Å². The molecule has 0 fully saturated rings. The predicted molar refractivity (Wildman–Crippen MR) is 127 cm³/mol. The lowest BCUT2D eigenvalue weighted by Gasteiger charge is -2.09. The molecule has 8 heteroatoms. The molecule has 1 aromatic carbocycles. The van der Waals surface area contributed by atoms with Gasteiger partial charge in [-0.3, -0.25) is 4.98 Å². The Bertz CT molecular complexity index is 1380. The fourth-order valence-electron chi connectivity index (χ4n) is 4.11. The second-order valence-corrected chi connectivity index (χ2v) is 8.83. The van der Waals surface area contributed by atoms with E-state index in [4.69, 9.17) is 9.97 Å². The van der Waals surface area contributed by atoms with Crippen LogP contribution in [0.5, 0.6) is 0 Å². The van der Waals surface area contributed by atoms with Crippen molar-refractivity contribution in [2.24, 2.45) is 0 Å². The molecule has 5 aromatic rings. The van der Waals surface area contributed by atoms with Crippen LogP contribution >= 0.6 is 11.3 Å². The smallest absolute Gasteiger partial charge is 0.164 e. The molecular weight excluding hydrogens is 418 g/mol. The van der Waals surface area contributed by atoms with Gasteiger partial charge in [0.05, 0.1) is 5.39 Å². The molecule has 0 amide bonds.